The van der Waals surface area contributed by atoms with E-state index in [9.17, 15) is 8.42 Å². The number of thiophene rings is 1. The summed E-state index contributed by atoms with van der Waals surface area (Å²) >= 11 is 1.18. The molecule has 0 fully saturated rings. The summed E-state index contributed by atoms with van der Waals surface area (Å²) in [5, 5.41) is 7.86. The zero-order valence-electron chi connectivity index (χ0n) is 13.6. The number of hydrogen-bond donors (Lipinski definition) is 1. The third-order valence-corrected chi connectivity index (χ3v) is 6.73. The van der Waals surface area contributed by atoms with Gasteiger partial charge in [0.2, 0.25) is 0 Å². The first-order valence-electron chi connectivity index (χ1n) is 7.19. The Morgan fingerprint density at radius 1 is 1.33 bits per heavy atom. The van der Waals surface area contributed by atoms with E-state index in [2.05, 4.69) is 20.0 Å². The molecule has 24 heavy (non-hydrogen) atoms. The van der Waals surface area contributed by atoms with Crippen molar-refractivity contribution >= 4 is 21.4 Å². The van der Waals surface area contributed by atoms with Gasteiger partial charge in [0.1, 0.15) is 22.1 Å². The van der Waals surface area contributed by atoms with Gasteiger partial charge in [0, 0.05) is 11.9 Å². The lowest BCUT2D eigenvalue weighted by molar-refractivity contribution is 0.393. The van der Waals surface area contributed by atoms with Crippen molar-refractivity contribution in [1.82, 2.24) is 24.6 Å². The van der Waals surface area contributed by atoms with E-state index in [1.165, 1.54) is 22.3 Å². The number of aryl methyl sites for hydroxylation is 3. The van der Waals surface area contributed by atoms with E-state index in [-0.39, 0.29) is 4.21 Å². The van der Waals surface area contributed by atoms with Crippen LogP contribution >= 0.6 is 11.3 Å². The molecule has 0 saturated heterocycles. The van der Waals surface area contributed by atoms with Crippen molar-refractivity contribution in [2.45, 2.75) is 31.0 Å². The average Bonchev–Trinajstić information content (AvgIpc) is 3.19. The molecule has 0 spiro atoms. The molecule has 3 rings (SSSR count). The van der Waals surface area contributed by atoms with Gasteiger partial charge in [0.05, 0.1) is 17.3 Å². The molecule has 0 bridgehead atoms. The standard InChI is InChI=1S/C14H17N5O3S2/c1-8-13(10(3)22-17-8)11-5-6-12(23-11)24(20,21)18-9(2)14-15-7-16-19(14)4/h5-7,9,18H,1-4H3. The first-order chi connectivity index (χ1) is 11.3. The fraction of sp³-hybridized carbons (Fsp3) is 0.357. The summed E-state index contributed by atoms with van der Waals surface area (Å²) in [6.07, 6.45) is 1.39. The lowest BCUT2D eigenvalue weighted by atomic mass is 10.2. The highest BCUT2D eigenvalue weighted by molar-refractivity contribution is 7.91. The summed E-state index contributed by atoms with van der Waals surface area (Å²) in [5.74, 6) is 1.21. The molecule has 0 aliphatic heterocycles. The number of sulfonamides is 1. The van der Waals surface area contributed by atoms with Crippen LogP contribution in [0.2, 0.25) is 0 Å². The average molecular weight is 367 g/mol. The molecular weight excluding hydrogens is 350 g/mol. The second-order valence-corrected chi connectivity index (χ2v) is 8.43. The van der Waals surface area contributed by atoms with Gasteiger partial charge in [-0.15, -0.1) is 11.3 Å². The zero-order valence-corrected chi connectivity index (χ0v) is 15.3. The smallest absolute Gasteiger partial charge is 0.250 e. The molecule has 1 atom stereocenters. The Hall–Kier alpha value is -2.04. The summed E-state index contributed by atoms with van der Waals surface area (Å²) in [7, 11) is -1.95. The Labute approximate surface area is 143 Å². The maximum Gasteiger partial charge on any atom is 0.250 e. The van der Waals surface area contributed by atoms with E-state index in [1.54, 1.807) is 33.0 Å². The molecule has 0 amide bonds. The summed E-state index contributed by atoms with van der Waals surface area (Å²) in [6.45, 7) is 5.36. The first-order valence-corrected chi connectivity index (χ1v) is 9.49. The molecule has 0 radical (unpaired) electrons. The molecule has 0 aromatic carbocycles. The highest BCUT2D eigenvalue weighted by Crippen LogP contribution is 2.35. The van der Waals surface area contributed by atoms with Crippen LogP contribution in [0.5, 0.6) is 0 Å². The largest absolute Gasteiger partial charge is 0.361 e. The van der Waals surface area contributed by atoms with E-state index < -0.39 is 16.1 Å². The molecular formula is C14H17N5O3S2. The van der Waals surface area contributed by atoms with E-state index in [0.717, 1.165) is 16.1 Å². The zero-order chi connectivity index (χ0) is 17.5. The number of rotatable bonds is 5. The van der Waals surface area contributed by atoms with Gasteiger partial charge in [-0.05, 0) is 32.9 Å². The molecule has 1 unspecified atom stereocenters. The highest BCUT2D eigenvalue weighted by Gasteiger charge is 2.24. The van der Waals surface area contributed by atoms with Crippen LogP contribution < -0.4 is 4.72 Å². The van der Waals surface area contributed by atoms with Crippen LogP contribution in [-0.2, 0) is 17.1 Å². The number of nitrogens with one attached hydrogen (secondary N) is 1. The van der Waals surface area contributed by atoms with Crippen LogP contribution in [0.4, 0.5) is 0 Å². The van der Waals surface area contributed by atoms with Crippen molar-refractivity contribution in [1.29, 1.82) is 0 Å². The van der Waals surface area contributed by atoms with E-state index in [1.807, 2.05) is 6.92 Å². The summed E-state index contributed by atoms with van der Waals surface area (Å²) in [4.78, 5) is 4.87. The summed E-state index contributed by atoms with van der Waals surface area (Å²) in [6, 6.07) is 2.85. The van der Waals surface area contributed by atoms with Crippen molar-refractivity contribution in [3.8, 4) is 10.4 Å². The molecule has 0 aliphatic carbocycles. The minimum absolute atomic E-state index is 0.228. The fourth-order valence-electron chi connectivity index (χ4n) is 2.47. The lowest BCUT2D eigenvalue weighted by Crippen LogP contribution is -2.28. The fourth-order valence-corrected chi connectivity index (χ4v) is 5.14. The molecule has 3 aromatic rings. The number of hydrogen-bond acceptors (Lipinski definition) is 7. The summed E-state index contributed by atoms with van der Waals surface area (Å²) in [5.41, 5.74) is 1.57. The molecule has 1 N–H and O–H groups in total. The van der Waals surface area contributed by atoms with E-state index >= 15 is 0 Å². The Balaban J connectivity index is 1.88. The normalized spacial score (nSPS) is 13.3. The van der Waals surface area contributed by atoms with E-state index in [4.69, 9.17) is 4.52 Å². The topological polar surface area (TPSA) is 103 Å². The summed E-state index contributed by atoms with van der Waals surface area (Å²) < 4.78 is 34.7. The quantitative estimate of drug-likeness (QED) is 0.741. The van der Waals surface area contributed by atoms with Gasteiger partial charge in [0.25, 0.3) is 10.0 Å². The second kappa shape index (κ2) is 6.11. The highest BCUT2D eigenvalue weighted by atomic mass is 32.2. The number of nitrogens with zero attached hydrogens (tertiary/aromatic N) is 4. The van der Waals surface area contributed by atoms with Crippen molar-refractivity contribution in [3.05, 3.63) is 35.7 Å². The molecule has 128 valence electrons. The minimum atomic E-state index is -3.66. The predicted octanol–water partition coefficient (Wildman–Crippen LogP) is 2.19. The molecule has 0 saturated carbocycles. The predicted molar refractivity (Wildman–Crippen MR) is 89.0 cm³/mol. The second-order valence-electron chi connectivity index (χ2n) is 5.40. The molecule has 3 heterocycles. The van der Waals surface area contributed by atoms with Gasteiger partial charge >= 0.3 is 0 Å². The monoisotopic (exact) mass is 367 g/mol. The van der Waals surface area contributed by atoms with Crippen LogP contribution in [0.1, 0.15) is 30.2 Å². The van der Waals surface area contributed by atoms with Gasteiger partial charge in [-0.2, -0.15) is 5.10 Å². The Bertz CT molecular complexity index is 951. The number of aromatic nitrogens is 4. The third-order valence-electron chi connectivity index (χ3n) is 3.59. The Morgan fingerprint density at radius 3 is 2.67 bits per heavy atom. The Morgan fingerprint density at radius 2 is 2.08 bits per heavy atom. The lowest BCUT2D eigenvalue weighted by Gasteiger charge is -2.12. The van der Waals surface area contributed by atoms with Crippen LogP contribution in [0.15, 0.2) is 27.2 Å². The van der Waals surface area contributed by atoms with Gasteiger partial charge in [-0.3, -0.25) is 4.68 Å². The molecule has 3 aromatic heterocycles. The van der Waals surface area contributed by atoms with Gasteiger partial charge < -0.3 is 4.52 Å². The molecule has 10 heteroatoms. The van der Waals surface area contributed by atoms with Gasteiger partial charge in [-0.1, -0.05) is 5.16 Å². The maximum atomic E-state index is 12.6. The van der Waals surface area contributed by atoms with Crippen LogP contribution in [0.3, 0.4) is 0 Å². The molecule has 8 nitrogen and oxygen atoms in total. The van der Waals surface area contributed by atoms with E-state index in [0.29, 0.717) is 11.6 Å². The van der Waals surface area contributed by atoms with Crippen molar-refractivity contribution in [3.63, 3.8) is 0 Å². The molecule has 0 aliphatic rings. The first kappa shape index (κ1) is 16.8. The van der Waals surface area contributed by atoms with Crippen LogP contribution in [0, 0.1) is 13.8 Å². The van der Waals surface area contributed by atoms with Gasteiger partial charge in [0.15, 0.2) is 0 Å². The van der Waals surface area contributed by atoms with Crippen molar-refractivity contribution < 1.29 is 12.9 Å². The minimum Gasteiger partial charge on any atom is -0.361 e. The van der Waals surface area contributed by atoms with Crippen LogP contribution in [-0.4, -0.2) is 28.3 Å². The SMILES string of the molecule is Cc1noc(C)c1-c1ccc(S(=O)(=O)NC(C)c2ncnn2C)s1. The Kier molecular flexibility index (Phi) is 4.28. The van der Waals surface area contributed by atoms with Crippen molar-refractivity contribution in [2.24, 2.45) is 7.05 Å². The third kappa shape index (κ3) is 2.99. The van der Waals surface area contributed by atoms with Crippen molar-refractivity contribution in [2.75, 3.05) is 0 Å². The van der Waals surface area contributed by atoms with Gasteiger partial charge in [-0.25, -0.2) is 18.1 Å². The maximum absolute atomic E-state index is 12.6. The van der Waals surface area contributed by atoms with Crippen LogP contribution in [0.25, 0.3) is 10.4 Å².